The van der Waals surface area contributed by atoms with Crippen LogP contribution in [0.1, 0.15) is 60.8 Å². The summed E-state index contributed by atoms with van der Waals surface area (Å²) in [5, 5.41) is 2.86. The molecule has 0 fully saturated rings. The van der Waals surface area contributed by atoms with Crippen LogP contribution < -0.4 is 16.8 Å². The summed E-state index contributed by atoms with van der Waals surface area (Å²) in [6.07, 6.45) is 3.21. The zero-order valence-corrected chi connectivity index (χ0v) is 19.0. The number of carbonyl (C=O) groups is 3. The number of hydrogen-bond acceptors (Lipinski definition) is 6. The standard InChI is InChI=1S/C21H40N4O4/c1-14(2)16(25(7)20(28)18(23)21(4,5)6)12-15(3)19(27)24-11-9-8-10-17(22)29-13-26/h12-14,16-18H,8-11,22-23H2,1-7H3,(H,24,27)/b15-12+/t16-,17?,18-/m1/s1. The molecule has 1 unspecified atom stereocenters. The van der Waals surface area contributed by atoms with Crippen LogP contribution in [-0.2, 0) is 19.1 Å². The van der Waals surface area contributed by atoms with Crippen molar-refractivity contribution >= 4 is 18.3 Å². The second kappa shape index (κ2) is 12.6. The molecule has 5 N–H and O–H groups in total. The van der Waals surface area contributed by atoms with Crippen molar-refractivity contribution in [3.63, 3.8) is 0 Å². The van der Waals surface area contributed by atoms with E-state index in [-0.39, 0.29) is 29.2 Å². The first-order valence-electron chi connectivity index (χ1n) is 10.2. The molecule has 0 aliphatic heterocycles. The van der Waals surface area contributed by atoms with Gasteiger partial charge in [-0.15, -0.1) is 0 Å². The minimum atomic E-state index is -0.620. The summed E-state index contributed by atoms with van der Waals surface area (Å²) in [7, 11) is 1.73. The molecule has 8 heteroatoms. The van der Waals surface area contributed by atoms with Crippen LogP contribution in [0.2, 0.25) is 0 Å². The third-order valence-corrected chi connectivity index (χ3v) is 4.89. The Labute approximate surface area is 175 Å². The smallest absolute Gasteiger partial charge is 0.294 e. The van der Waals surface area contributed by atoms with Gasteiger partial charge in [0.1, 0.15) is 0 Å². The van der Waals surface area contributed by atoms with Crippen molar-refractivity contribution in [3.8, 4) is 0 Å². The molecule has 0 aliphatic rings. The highest BCUT2D eigenvalue weighted by atomic mass is 16.5. The predicted molar refractivity (Wildman–Crippen MR) is 115 cm³/mol. The van der Waals surface area contributed by atoms with Crippen molar-refractivity contribution in [3.05, 3.63) is 11.6 Å². The number of nitrogens with two attached hydrogens (primary N) is 2. The van der Waals surface area contributed by atoms with Gasteiger partial charge in [-0.25, -0.2) is 0 Å². The molecule has 0 saturated heterocycles. The van der Waals surface area contributed by atoms with Gasteiger partial charge < -0.3 is 20.7 Å². The topological polar surface area (TPSA) is 128 Å². The molecule has 168 valence electrons. The fraction of sp³-hybridized carbons (Fsp3) is 0.762. The third kappa shape index (κ3) is 9.89. The molecule has 0 rings (SSSR count). The number of unbranched alkanes of at least 4 members (excludes halogenated alkanes) is 1. The van der Waals surface area contributed by atoms with E-state index in [1.165, 1.54) is 0 Å². The molecule has 29 heavy (non-hydrogen) atoms. The van der Waals surface area contributed by atoms with E-state index in [9.17, 15) is 14.4 Å². The summed E-state index contributed by atoms with van der Waals surface area (Å²) >= 11 is 0. The van der Waals surface area contributed by atoms with Crippen LogP contribution in [0.25, 0.3) is 0 Å². The van der Waals surface area contributed by atoms with Gasteiger partial charge >= 0.3 is 0 Å². The molecule has 0 aromatic carbocycles. The minimum absolute atomic E-state index is 0.123. The van der Waals surface area contributed by atoms with E-state index in [2.05, 4.69) is 10.1 Å². The van der Waals surface area contributed by atoms with Gasteiger partial charge in [0.25, 0.3) is 6.47 Å². The molecule has 2 amide bonds. The van der Waals surface area contributed by atoms with Crippen LogP contribution in [0.3, 0.4) is 0 Å². The fourth-order valence-corrected chi connectivity index (χ4v) is 2.77. The first-order chi connectivity index (χ1) is 13.3. The number of ether oxygens (including phenoxy) is 1. The van der Waals surface area contributed by atoms with Crippen molar-refractivity contribution < 1.29 is 19.1 Å². The van der Waals surface area contributed by atoms with E-state index < -0.39 is 12.3 Å². The summed E-state index contributed by atoms with van der Waals surface area (Å²) in [4.78, 5) is 37.0. The van der Waals surface area contributed by atoms with Crippen LogP contribution >= 0.6 is 0 Å². The lowest BCUT2D eigenvalue weighted by Gasteiger charge is -2.35. The zero-order valence-electron chi connectivity index (χ0n) is 19.0. The third-order valence-electron chi connectivity index (χ3n) is 4.89. The maximum absolute atomic E-state index is 12.8. The molecule has 0 bridgehead atoms. The normalized spacial score (nSPS) is 15.4. The molecule has 8 nitrogen and oxygen atoms in total. The monoisotopic (exact) mass is 412 g/mol. The van der Waals surface area contributed by atoms with Crippen molar-refractivity contribution in [2.45, 2.75) is 79.1 Å². The summed E-state index contributed by atoms with van der Waals surface area (Å²) < 4.78 is 4.61. The second-order valence-corrected chi connectivity index (χ2v) is 8.90. The summed E-state index contributed by atoms with van der Waals surface area (Å²) in [5.74, 6) is -0.197. The zero-order chi connectivity index (χ0) is 22.8. The maximum Gasteiger partial charge on any atom is 0.294 e. The van der Waals surface area contributed by atoms with Gasteiger partial charge in [-0.3, -0.25) is 20.1 Å². The number of nitrogens with zero attached hydrogens (tertiary/aromatic N) is 1. The van der Waals surface area contributed by atoms with Gasteiger partial charge in [0.05, 0.1) is 12.1 Å². The number of nitrogens with one attached hydrogen (secondary N) is 1. The Morgan fingerprint density at radius 1 is 1.17 bits per heavy atom. The van der Waals surface area contributed by atoms with E-state index in [0.717, 1.165) is 12.8 Å². The van der Waals surface area contributed by atoms with Crippen molar-refractivity contribution in [1.29, 1.82) is 0 Å². The lowest BCUT2D eigenvalue weighted by atomic mass is 9.86. The van der Waals surface area contributed by atoms with Gasteiger partial charge in [-0.1, -0.05) is 40.7 Å². The van der Waals surface area contributed by atoms with E-state index in [1.807, 2.05) is 40.7 Å². The molecule has 0 saturated carbocycles. The molecular formula is C21H40N4O4. The molecule has 0 heterocycles. The van der Waals surface area contributed by atoms with Crippen LogP contribution in [0.4, 0.5) is 0 Å². The first-order valence-corrected chi connectivity index (χ1v) is 10.2. The average Bonchev–Trinajstić information content (AvgIpc) is 2.62. The Bertz CT molecular complexity index is 570. The van der Waals surface area contributed by atoms with E-state index in [4.69, 9.17) is 11.5 Å². The number of amides is 2. The van der Waals surface area contributed by atoms with Crippen LogP contribution in [0.5, 0.6) is 0 Å². The van der Waals surface area contributed by atoms with Crippen LogP contribution in [0, 0.1) is 11.3 Å². The average molecular weight is 413 g/mol. The van der Waals surface area contributed by atoms with E-state index in [0.29, 0.717) is 25.0 Å². The van der Waals surface area contributed by atoms with Gasteiger partial charge in [0.2, 0.25) is 11.8 Å². The van der Waals surface area contributed by atoms with Gasteiger partial charge in [-0.2, -0.15) is 0 Å². The lowest BCUT2D eigenvalue weighted by Crippen LogP contribution is -2.52. The molecular weight excluding hydrogens is 372 g/mol. The molecule has 0 aromatic rings. The number of rotatable bonds is 12. The van der Waals surface area contributed by atoms with Crippen molar-refractivity contribution in [1.82, 2.24) is 10.2 Å². The minimum Gasteiger partial charge on any atom is -0.449 e. The quantitative estimate of drug-likeness (QED) is 0.193. The molecule has 0 radical (unpaired) electrons. The lowest BCUT2D eigenvalue weighted by molar-refractivity contribution is -0.136. The van der Waals surface area contributed by atoms with Crippen LogP contribution in [-0.4, -0.2) is 55.1 Å². The molecule has 0 aliphatic carbocycles. The van der Waals surface area contributed by atoms with Crippen molar-refractivity contribution in [2.75, 3.05) is 13.6 Å². The molecule has 3 atom stereocenters. The largest absolute Gasteiger partial charge is 0.449 e. The summed E-state index contributed by atoms with van der Waals surface area (Å²) in [6, 6.07) is -0.856. The first kappa shape index (κ1) is 27.1. The van der Waals surface area contributed by atoms with Gasteiger partial charge in [0, 0.05) is 19.2 Å². The Morgan fingerprint density at radius 3 is 2.24 bits per heavy atom. The summed E-state index contributed by atoms with van der Waals surface area (Å²) in [5.41, 5.74) is 11.9. The SMILES string of the molecule is C/C(=C\[C@H](C(C)C)N(C)C(=O)[C@@H](N)C(C)(C)C)C(=O)NCCCCC(N)OC=O. The number of likely N-dealkylation sites (N-methyl/N-ethyl adjacent to an activating group) is 1. The molecule has 0 aromatic heterocycles. The highest BCUT2D eigenvalue weighted by Crippen LogP contribution is 2.21. The predicted octanol–water partition coefficient (Wildman–Crippen LogP) is 1.53. The molecule has 0 spiro atoms. The summed E-state index contributed by atoms with van der Waals surface area (Å²) in [6.45, 7) is 12.4. The van der Waals surface area contributed by atoms with Crippen molar-refractivity contribution in [2.24, 2.45) is 22.8 Å². The maximum atomic E-state index is 12.8. The van der Waals surface area contributed by atoms with Gasteiger partial charge in [-0.05, 0) is 37.5 Å². The highest BCUT2D eigenvalue weighted by Gasteiger charge is 2.32. The number of hydrogen-bond donors (Lipinski definition) is 3. The Kier molecular flexibility index (Phi) is 11.8. The Hall–Kier alpha value is -1.93. The van der Waals surface area contributed by atoms with E-state index >= 15 is 0 Å². The highest BCUT2D eigenvalue weighted by molar-refractivity contribution is 5.93. The van der Waals surface area contributed by atoms with Gasteiger partial charge in [0.15, 0.2) is 6.23 Å². The Morgan fingerprint density at radius 2 is 1.76 bits per heavy atom. The number of carbonyl (C=O) groups excluding carboxylic acids is 3. The van der Waals surface area contributed by atoms with E-state index in [1.54, 1.807) is 18.9 Å². The second-order valence-electron chi connectivity index (χ2n) is 8.90. The Balaban J connectivity index is 4.83. The van der Waals surface area contributed by atoms with Crippen LogP contribution in [0.15, 0.2) is 11.6 Å². The fourth-order valence-electron chi connectivity index (χ4n) is 2.77.